The molecular formula is C13H12Cl2F2O. The number of hydrogen-bond donors (Lipinski definition) is 0. The number of carbonyl (C=O) groups excluding carboxylic acids is 1. The van der Waals surface area contributed by atoms with Crippen molar-refractivity contribution in [2.24, 2.45) is 5.92 Å². The Morgan fingerprint density at radius 1 is 1.33 bits per heavy atom. The van der Waals surface area contributed by atoms with E-state index in [9.17, 15) is 13.6 Å². The van der Waals surface area contributed by atoms with Crippen LogP contribution in [0.2, 0.25) is 10.0 Å². The molecule has 0 radical (unpaired) electrons. The molecule has 1 unspecified atom stereocenters. The summed E-state index contributed by atoms with van der Waals surface area (Å²) in [6.07, 6.45) is 0.313. The molecule has 98 valence electrons. The molecule has 0 N–H and O–H groups in total. The molecule has 1 aromatic carbocycles. The summed E-state index contributed by atoms with van der Waals surface area (Å²) >= 11 is 11.8. The fourth-order valence-electron chi connectivity index (χ4n) is 2.31. The van der Waals surface area contributed by atoms with Crippen LogP contribution in [-0.2, 0) is 0 Å². The van der Waals surface area contributed by atoms with Gasteiger partial charge in [0.1, 0.15) is 0 Å². The zero-order valence-corrected chi connectivity index (χ0v) is 11.1. The van der Waals surface area contributed by atoms with E-state index in [1.54, 1.807) is 12.1 Å². The number of ketones is 1. The summed E-state index contributed by atoms with van der Waals surface area (Å²) in [5.74, 6) is -3.74. The van der Waals surface area contributed by atoms with Crippen LogP contribution in [0.4, 0.5) is 8.78 Å². The molecule has 18 heavy (non-hydrogen) atoms. The number of carbonyl (C=O) groups is 1. The van der Waals surface area contributed by atoms with Crippen LogP contribution >= 0.6 is 23.2 Å². The zero-order valence-electron chi connectivity index (χ0n) is 9.56. The third-order valence-electron chi connectivity index (χ3n) is 3.23. The summed E-state index contributed by atoms with van der Waals surface area (Å²) < 4.78 is 26.6. The first kappa shape index (κ1) is 13.8. The molecule has 0 amide bonds. The molecule has 1 nitrogen and oxygen atoms in total. The first-order valence-electron chi connectivity index (χ1n) is 5.77. The summed E-state index contributed by atoms with van der Waals surface area (Å²) in [6, 6.07) is 4.70. The topological polar surface area (TPSA) is 17.1 Å². The van der Waals surface area contributed by atoms with Gasteiger partial charge in [0.2, 0.25) is 5.92 Å². The van der Waals surface area contributed by atoms with Crippen molar-refractivity contribution in [3.8, 4) is 0 Å². The Hall–Kier alpha value is -0.670. The van der Waals surface area contributed by atoms with Gasteiger partial charge in [0.25, 0.3) is 0 Å². The van der Waals surface area contributed by atoms with Crippen LogP contribution in [0, 0.1) is 5.92 Å². The van der Waals surface area contributed by atoms with Crippen molar-refractivity contribution < 1.29 is 13.6 Å². The smallest absolute Gasteiger partial charge is 0.248 e. The number of benzene rings is 1. The van der Waals surface area contributed by atoms with E-state index in [4.69, 9.17) is 23.2 Å². The normalized spacial score (nSPS) is 22.8. The Morgan fingerprint density at radius 2 is 2.06 bits per heavy atom. The minimum absolute atomic E-state index is 0.139. The lowest BCUT2D eigenvalue weighted by Crippen LogP contribution is -2.30. The van der Waals surface area contributed by atoms with Crippen LogP contribution in [0.3, 0.4) is 0 Å². The first-order valence-corrected chi connectivity index (χ1v) is 6.52. The monoisotopic (exact) mass is 292 g/mol. The number of alkyl halides is 2. The molecule has 2 rings (SSSR count). The van der Waals surface area contributed by atoms with Gasteiger partial charge in [-0.3, -0.25) is 4.79 Å². The molecule has 0 bridgehead atoms. The molecule has 0 aliphatic heterocycles. The van der Waals surface area contributed by atoms with E-state index >= 15 is 0 Å². The molecule has 1 fully saturated rings. The van der Waals surface area contributed by atoms with Crippen LogP contribution in [-0.4, -0.2) is 11.7 Å². The van der Waals surface area contributed by atoms with Crippen molar-refractivity contribution in [3.63, 3.8) is 0 Å². The number of hydrogen-bond acceptors (Lipinski definition) is 1. The minimum Gasteiger partial charge on any atom is -0.294 e. The van der Waals surface area contributed by atoms with Gasteiger partial charge < -0.3 is 0 Å². The van der Waals surface area contributed by atoms with Gasteiger partial charge in [-0.1, -0.05) is 29.3 Å². The summed E-state index contributed by atoms with van der Waals surface area (Å²) in [5.41, 5.74) is 0.242. The maximum absolute atomic E-state index is 13.3. The zero-order chi connectivity index (χ0) is 13.3. The van der Waals surface area contributed by atoms with Crippen molar-refractivity contribution >= 4 is 29.0 Å². The Labute approximate surface area is 114 Å². The highest BCUT2D eigenvalue weighted by Crippen LogP contribution is 2.39. The molecule has 1 saturated carbocycles. The Balaban J connectivity index is 2.23. The lowest BCUT2D eigenvalue weighted by molar-refractivity contribution is -0.0477. The van der Waals surface area contributed by atoms with Gasteiger partial charge in [-0.25, -0.2) is 8.78 Å². The fraction of sp³-hybridized carbons (Fsp3) is 0.462. The van der Waals surface area contributed by atoms with Gasteiger partial charge in [-0.2, -0.15) is 0 Å². The SMILES string of the molecule is O=C(c1cccc(Cl)c1Cl)C1CCCC(F)(F)C1. The van der Waals surface area contributed by atoms with E-state index in [2.05, 4.69) is 0 Å². The van der Waals surface area contributed by atoms with E-state index < -0.39 is 18.3 Å². The fourth-order valence-corrected chi connectivity index (χ4v) is 2.70. The van der Waals surface area contributed by atoms with Crippen LogP contribution in [0.1, 0.15) is 36.0 Å². The van der Waals surface area contributed by atoms with Crippen LogP contribution in [0.25, 0.3) is 0 Å². The molecule has 1 atom stereocenters. The lowest BCUT2D eigenvalue weighted by atomic mass is 9.82. The lowest BCUT2D eigenvalue weighted by Gasteiger charge is -2.28. The molecule has 0 aromatic heterocycles. The quantitative estimate of drug-likeness (QED) is 0.701. The van der Waals surface area contributed by atoms with Crippen LogP contribution < -0.4 is 0 Å². The highest BCUT2D eigenvalue weighted by atomic mass is 35.5. The number of Topliss-reactive ketones (excluding diaryl/α,β-unsaturated/α-hetero) is 1. The summed E-state index contributed by atoms with van der Waals surface area (Å²) in [6.45, 7) is 0. The summed E-state index contributed by atoms with van der Waals surface area (Å²) in [5, 5.41) is 0.420. The second-order valence-corrected chi connectivity index (χ2v) is 5.40. The summed E-state index contributed by atoms with van der Waals surface area (Å²) in [4.78, 5) is 12.2. The van der Waals surface area contributed by atoms with Crippen molar-refractivity contribution in [2.75, 3.05) is 0 Å². The Morgan fingerprint density at radius 3 is 2.72 bits per heavy atom. The van der Waals surface area contributed by atoms with Crippen molar-refractivity contribution in [1.29, 1.82) is 0 Å². The van der Waals surface area contributed by atoms with Gasteiger partial charge in [0.05, 0.1) is 10.0 Å². The third-order valence-corrected chi connectivity index (χ3v) is 4.05. The minimum atomic E-state index is -2.75. The van der Waals surface area contributed by atoms with Crippen molar-refractivity contribution in [3.05, 3.63) is 33.8 Å². The number of halogens is 4. The highest BCUT2D eigenvalue weighted by molar-refractivity contribution is 6.43. The molecular weight excluding hydrogens is 281 g/mol. The molecule has 1 aromatic rings. The largest absolute Gasteiger partial charge is 0.294 e. The van der Waals surface area contributed by atoms with E-state index in [0.717, 1.165) is 0 Å². The van der Waals surface area contributed by atoms with E-state index in [-0.39, 0.29) is 27.8 Å². The average molecular weight is 293 g/mol. The maximum atomic E-state index is 13.3. The second-order valence-electron chi connectivity index (χ2n) is 4.61. The van der Waals surface area contributed by atoms with E-state index in [1.165, 1.54) is 6.07 Å². The molecule has 0 saturated heterocycles. The molecule has 5 heteroatoms. The van der Waals surface area contributed by atoms with Crippen LogP contribution in [0.15, 0.2) is 18.2 Å². The van der Waals surface area contributed by atoms with Gasteiger partial charge in [-0.05, 0) is 25.0 Å². The van der Waals surface area contributed by atoms with Gasteiger partial charge in [0.15, 0.2) is 5.78 Å². The molecule has 1 aliphatic carbocycles. The molecule has 1 aliphatic rings. The second kappa shape index (κ2) is 5.14. The average Bonchev–Trinajstić information content (AvgIpc) is 2.30. The van der Waals surface area contributed by atoms with Crippen molar-refractivity contribution in [2.45, 2.75) is 31.6 Å². The Bertz CT molecular complexity index is 474. The molecule has 0 spiro atoms. The first-order chi connectivity index (χ1) is 8.41. The van der Waals surface area contributed by atoms with Gasteiger partial charge >= 0.3 is 0 Å². The van der Waals surface area contributed by atoms with Crippen LogP contribution in [0.5, 0.6) is 0 Å². The maximum Gasteiger partial charge on any atom is 0.248 e. The number of rotatable bonds is 2. The standard InChI is InChI=1S/C13H12Cl2F2O/c14-10-5-1-4-9(11(10)15)12(18)8-3-2-6-13(16,17)7-8/h1,4-5,8H,2-3,6-7H2. The highest BCUT2D eigenvalue weighted by Gasteiger charge is 2.39. The predicted octanol–water partition coefficient (Wildman–Crippen LogP) is 5.00. The van der Waals surface area contributed by atoms with E-state index in [1.807, 2.05) is 0 Å². The van der Waals surface area contributed by atoms with Gasteiger partial charge in [0, 0.05) is 24.3 Å². The molecule has 0 heterocycles. The van der Waals surface area contributed by atoms with Gasteiger partial charge in [-0.15, -0.1) is 0 Å². The predicted molar refractivity (Wildman–Crippen MR) is 67.7 cm³/mol. The summed E-state index contributed by atoms with van der Waals surface area (Å²) in [7, 11) is 0. The van der Waals surface area contributed by atoms with E-state index in [0.29, 0.717) is 12.8 Å². The third kappa shape index (κ3) is 2.83. The van der Waals surface area contributed by atoms with Crippen molar-refractivity contribution in [1.82, 2.24) is 0 Å². The Kier molecular flexibility index (Phi) is 3.93.